The van der Waals surface area contributed by atoms with Crippen LogP contribution in [0.2, 0.25) is 5.02 Å². The van der Waals surface area contributed by atoms with Gasteiger partial charge < -0.3 is 18.8 Å². The van der Waals surface area contributed by atoms with Crippen LogP contribution >= 0.6 is 11.6 Å². The number of pyridine rings is 1. The lowest BCUT2D eigenvalue weighted by Crippen LogP contribution is -2.30. The van der Waals surface area contributed by atoms with Gasteiger partial charge >= 0.3 is 0 Å². The van der Waals surface area contributed by atoms with E-state index in [1.165, 1.54) is 38.2 Å². The van der Waals surface area contributed by atoms with E-state index in [2.05, 4.69) is 10.5 Å². The number of nitrogens with zero attached hydrogens (tertiary/aromatic N) is 2. The van der Waals surface area contributed by atoms with Gasteiger partial charge in [-0.15, -0.1) is 0 Å². The molecule has 1 aromatic heterocycles. The molecule has 0 saturated carbocycles. The fourth-order valence-electron chi connectivity index (χ4n) is 3.07. The van der Waals surface area contributed by atoms with Crippen molar-refractivity contribution in [3.8, 4) is 17.2 Å². The Kier molecular flexibility index (Phi) is 7.51. The van der Waals surface area contributed by atoms with Crippen LogP contribution in [0.5, 0.6) is 17.2 Å². The molecule has 166 valence electrons. The number of aromatic nitrogens is 1. The lowest BCUT2D eigenvalue weighted by molar-refractivity contribution is 0.0953. The third-order valence-corrected chi connectivity index (χ3v) is 4.81. The van der Waals surface area contributed by atoms with Gasteiger partial charge in [0, 0.05) is 16.8 Å². The molecule has 32 heavy (non-hydrogen) atoms. The predicted molar refractivity (Wildman–Crippen MR) is 122 cm³/mol. The van der Waals surface area contributed by atoms with Crippen molar-refractivity contribution in [2.24, 2.45) is 5.10 Å². The summed E-state index contributed by atoms with van der Waals surface area (Å²) in [5.74, 6) is 0.720. The van der Waals surface area contributed by atoms with E-state index in [0.29, 0.717) is 27.8 Å². The molecule has 1 heterocycles. The zero-order valence-corrected chi connectivity index (χ0v) is 18.6. The second kappa shape index (κ2) is 10.5. The molecule has 0 aliphatic rings. The number of hydrogen-bond donors (Lipinski definition) is 1. The highest BCUT2D eigenvalue weighted by molar-refractivity contribution is 6.30. The first kappa shape index (κ1) is 22.9. The highest BCUT2D eigenvalue weighted by Crippen LogP contribution is 2.37. The highest BCUT2D eigenvalue weighted by Gasteiger charge is 2.14. The number of rotatable bonds is 8. The molecule has 3 rings (SSSR count). The molecule has 1 N–H and O–H groups in total. The van der Waals surface area contributed by atoms with Crippen molar-refractivity contribution in [3.63, 3.8) is 0 Å². The molecule has 0 aliphatic carbocycles. The van der Waals surface area contributed by atoms with Gasteiger partial charge in [-0.1, -0.05) is 23.7 Å². The van der Waals surface area contributed by atoms with E-state index < -0.39 is 11.5 Å². The van der Waals surface area contributed by atoms with Crippen LogP contribution in [0.3, 0.4) is 0 Å². The van der Waals surface area contributed by atoms with Gasteiger partial charge in [-0.2, -0.15) is 5.10 Å². The molecule has 9 heteroatoms. The zero-order valence-electron chi connectivity index (χ0n) is 17.8. The molecule has 0 aliphatic heterocycles. The average Bonchev–Trinajstić information content (AvgIpc) is 2.79. The number of methoxy groups -OCH3 is 3. The normalized spacial score (nSPS) is 10.8. The molecular weight excluding hydrogens is 434 g/mol. The van der Waals surface area contributed by atoms with Crippen LogP contribution in [-0.2, 0) is 6.54 Å². The monoisotopic (exact) mass is 455 g/mol. The Morgan fingerprint density at radius 2 is 1.78 bits per heavy atom. The molecule has 3 aromatic rings. The third-order valence-electron chi connectivity index (χ3n) is 4.57. The molecule has 8 nitrogen and oxygen atoms in total. The minimum absolute atomic E-state index is 0.0310. The Morgan fingerprint density at radius 3 is 2.41 bits per heavy atom. The maximum Gasteiger partial charge on any atom is 0.276 e. The summed E-state index contributed by atoms with van der Waals surface area (Å²) in [5, 5.41) is 4.52. The van der Waals surface area contributed by atoms with Crippen molar-refractivity contribution in [1.82, 2.24) is 9.99 Å². The molecule has 0 radical (unpaired) electrons. The smallest absolute Gasteiger partial charge is 0.276 e. The van der Waals surface area contributed by atoms with Crippen molar-refractivity contribution >= 4 is 23.7 Å². The Bertz CT molecular complexity index is 1180. The van der Waals surface area contributed by atoms with Gasteiger partial charge in [-0.05, 0) is 42.0 Å². The van der Waals surface area contributed by atoms with Crippen LogP contribution in [0.1, 0.15) is 21.5 Å². The number of carbonyl (C=O) groups is 1. The average molecular weight is 456 g/mol. The van der Waals surface area contributed by atoms with Crippen molar-refractivity contribution in [2.45, 2.75) is 6.54 Å². The SMILES string of the molecule is COc1cc(/C=N\NC(=O)c2cccn(Cc3cccc(Cl)c3)c2=O)cc(OC)c1OC. The number of ether oxygens (including phenoxy) is 3. The second-order valence-corrected chi connectivity index (χ2v) is 7.08. The van der Waals surface area contributed by atoms with Gasteiger partial charge in [0.05, 0.1) is 34.1 Å². The number of halogens is 1. The lowest BCUT2D eigenvalue weighted by atomic mass is 10.2. The molecule has 2 aromatic carbocycles. The topological polar surface area (TPSA) is 91.2 Å². The molecule has 0 unspecified atom stereocenters. The van der Waals surface area contributed by atoms with Crippen molar-refractivity contribution < 1.29 is 19.0 Å². The summed E-state index contributed by atoms with van der Waals surface area (Å²) in [6.45, 7) is 0.287. The fourth-order valence-corrected chi connectivity index (χ4v) is 3.28. The van der Waals surface area contributed by atoms with Gasteiger partial charge in [-0.3, -0.25) is 9.59 Å². The number of hydrazone groups is 1. The van der Waals surface area contributed by atoms with Crippen LogP contribution in [-0.4, -0.2) is 38.0 Å². The van der Waals surface area contributed by atoms with E-state index in [9.17, 15) is 9.59 Å². The van der Waals surface area contributed by atoms with Crippen LogP contribution in [0.25, 0.3) is 0 Å². The third kappa shape index (κ3) is 5.28. The minimum atomic E-state index is -0.626. The standard InChI is InChI=1S/C23H22ClN3O5/c1-30-19-11-16(12-20(31-2)21(19)32-3)13-25-26-22(28)18-8-5-9-27(23(18)29)14-15-6-4-7-17(24)10-15/h4-13H,14H2,1-3H3,(H,26,28)/b25-13-. The predicted octanol–water partition coefficient (Wildman–Crippen LogP) is 3.34. The van der Waals surface area contributed by atoms with Gasteiger partial charge in [0.2, 0.25) is 5.75 Å². The molecule has 0 fully saturated rings. The summed E-state index contributed by atoms with van der Waals surface area (Å²) in [7, 11) is 4.51. The fraction of sp³-hybridized carbons (Fsp3) is 0.174. The molecule has 0 bridgehead atoms. The Labute approximate surface area is 190 Å². The summed E-state index contributed by atoms with van der Waals surface area (Å²) >= 11 is 6.01. The summed E-state index contributed by atoms with van der Waals surface area (Å²) < 4.78 is 17.3. The molecular formula is C23H22ClN3O5. The minimum Gasteiger partial charge on any atom is -0.493 e. The summed E-state index contributed by atoms with van der Waals surface area (Å²) in [5.41, 5.74) is 3.36. The number of hydrogen-bond acceptors (Lipinski definition) is 6. The first-order chi connectivity index (χ1) is 15.5. The molecule has 0 spiro atoms. The quantitative estimate of drug-likeness (QED) is 0.415. The first-order valence-electron chi connectivity index (χ1n) is 9.54. The lowest BCUT2D eigenvalue weighted by Gasteiger charge is -2.12. The summed E-state index contributed by atoms with van der Waals surface area (Å²) in [6, 6.07) is 13.6. The Hall–Kier alpha value is -3.78. The second-order valence-electron chi connectivity index (χ2n) is 6.64. The van der Waals surface area contributed by atoms with Gasteiger partial charge in [-0.25, -0.2) is 5.43 Å². The number of carbonyl (C=O) groups excluding carboxylic acids is 1. The summed E-state index contributed by atoms with van der Waals surface area (Å²) in [4.78, 5) is 25.3. The maximum absolute atomic E-state index is 12.7. The van der Waals surface area contributed by atoms with E-state index >= 15 is 0 Å². The van der Waals surface area contributed by atoms with E-state index in [-0.39, 0.29) is 12.1 Å². The number of amides is 1. The van der Waals surface area contributed by atoms with Gasteiger partial charge in [0.1, 0.15) is 5.56 Å². The van der Waals surface area contributed by atoms with Gasteiger partial charge in [0.25, 0.3) is 11.5 Å². The van der Waals surface area contributed by atoms with E-state index in [0.717, 1.165) is 5.56 Å². The van der Waals surface area contributed by atoms with E-state index in [1.54, 1.807) is 42.6 Å². The Balaban J connectivity index is 1.77. The number of benzene rings is 2. The largest absolute Gasteiger partial charge is 0.493 e. The van der Waals surface area contributed by atoms with Crippen molar-refractivity contribution in [3.05, 3.63) is 86.8 Å². The van der Waals surface area contributed by atoms with Crippen LogP contribution in [0, 0.1) is 0 Å². The maximum atomic E-state index is 12.7. The van der Waals surface area contributed by atoms with Gasteiger partial charge in [0.15, 0.2) is 11.5 Å². The summed E-state index contributed by atoms with van der Waals surface area (Å²) in [6.07, 6.45) is 3.02. The van der Waals surface area contributed by atoms with Crippen LogP contribution in [0.4, 0.5) is 0 Å². The molecule has 0 atom stereocenters. The zero-order chi connectivity index (χ0) is 23.1. The van der Waals surface area contributed by atoms with E-state index in [1.807, 2.05) is 6.07 Å². The van der Waals surface area contributed by atoms with E-state index in [4.69, 9.17) is 25.8 Å². The van der Waals surface area contributed by atoms with Crippen molar-refractivity contribution in [1.29, 1.82) is 0 Å². The molecule has 0 saturated heterocycles. The molecule has 1 amide bonds. The Morgan fingerprint density at radius 1 is 1.06 bits per heavy atom. The number of nitrogens with one attached hydrogen (secondary N) is 1. The van der Waals surface area contributed by atoms with Crippen molar-refractivity contribution in [2.75, 3.05) is 21.3 Å². The first-order valence-corrected chi connectivity index (χ1v) is 9.92. The highest BCUT2D eigenvalue weighted by atomic mass is 35.5. The van der Waals surface area contributed by atoms with Crippen LogP contribution in [0.15, 0.2) is 64.6 Å². The van der Waals surface area contributed by atoms with Crippen LogP contribution < -0.4 is 25.2 Å².